The van der Waals surface area contributed by atoms with Crippen LogP contribution < -0.4 is 5.32 Å². The fourth-order valence-corrected chi connectivity index (χ4v) is 1.47. The molecule has 2 rings (SSSR count). The Bertz CT molecular complexity index is 494. The van der Waals surface area contributed by atoms with Gasteiger partial charge >= 0.3 is 0 Å². The normalized spacial score (nSPS) is 10.2. The summed E-state index contributed by atoms with van der Waals surface area (Å²) in [5, 5.41) is 13.7. The molecule has 1 amide bonds. The van der Waals surface area contributed by atoms with E-state index in [0.717, 1.165) is 6.42 Å². The highest BCUT2D eigenvalue weighted by atomic mass is 16.1. The van der Waals surface area contributed by atoms with Crippen LogP contribution in [0.1, 0.15) is 23.7 Å². The zero-order chi connectivity index (χ0) is 12.1. The Morgan fingerprint density at radius 1 is 1.41 bits per heavy atom. The fourth-order valence-electron chi connectivity index (χ4n) is 1.47. The maximum Gasteiger partial charge on any atom is 0.253 e. The van der Waals surface area contributed by atoms with Crippen molar-refractivity contribution in [2.45, 2.75) is 13.3 Å². The van der Waals surface area contributed by atoms with E-state index in [1.807, 2.05) is 19.1 Å². The minimum atomic E-state index is -0.113. The van der Waals surface area contributed by atoms with E-state index < -0.39 is 0 Å². The summed E-state index contributed by atoms with van der Waals surface area (Å²) in [5.41, 5.74) is 1.24. The molecule has 0 spiro atoms. The van der Waals surface area contributed by atoms with E-state index in [4.69, 9.17) is 0 Å². The number of carbonyl (C=O) groups excluding carboxylic acids is 1. The van der Waals surface area contributed by atoms with Crippen LogP contribution in [-0.2, 0) is 0 Å². The summed E-state index contributed by atoms with van der Waals surface area (Å²) < 4.78 is 1.47. The highest BCUT2D eigenvalue weighted by Crippen LogP contribution is 2.12. The van der Waals surface area contributed by atoms with Crippen LogP contribution >= 0.6 is 0 Å². The fraction of sp³-hybridized carbons (Fsp3) is 0.273. The molecule has 0 saturated heterocycles. The number of amides is 1. The van der Waals surface area contributed by atoms with Crippen LogP contribution in [0.2, 0.25) is 0 Å². The molecule has 1 heterocycles. The Morgan fingerprint density at radius 2 is 2.24 bits per heavy atom. The van der Waals surface area contributed by atoms with Crippen LogP contribution in [0.3, 0.4) is 0 Å². The topological polar surface area (TPSA) is 72.7 Å². The molecule has 0 saturated carbocycles. The van der Waals surface area contributed by atoms with Crippen LogP contribution in [-0.4, -0.2) is 32.7 Å². The van der Waals surface area contributed by atoms with E-state index in [2.05, 4.69) is 20.8 Å². The number of aromatic nitrogens is 4. The van der Waals surface area contributed by atoms with Gasteiger partial charge in [0.05, 0.1) is 11.3 Å². The Labute approximate surface area is 98.6 Å². The quantitative estimate of drug-likeness (QED) is 0.844. The lowest BCUT2D eigenvalue weighted by atomic mass is 10.1. The van der Waals surface area contributed by atoms with Gasteiger partial charge in [-0.2, -0.15) is 4.68 Å². The number of benzene rings is 1. The third-order valence-electron chi connectivity index (χ3n) is 2.28. The molecule has 0 unspecified atom stereocenters. The molecular formula is C11H13N5O. The lowest BCUT2D eigenvalue weighted by Crippen LogP contribution is -2.25. The monoisotopic (exact) mass is 231 g/mol. The van der Waals surface area contributed by atoms with Crippen molar-refractivity contribution < 1.29 is 4.79 Å². The summed E-state index contributed by atoms with van der Waals surface area (Å²) in [6.07, 6.45) is 2.37. The Kier molecular flexibility index (Phi) is 3.44. The predicted molar refractivity (Wildman–Crippen MR) is 61.8 cm³/mol. The average Bonchev–Trinajstić information content (AvgIpc) is 2.89. The number of para-hydroxylation sites is 1. The third-order valence-corrected chi connectivity index (χ3v) is 2.28. The van der Waals surface area contributed by atoms with E-state index in [1.54, 1.807) is 12.1 Å². The molecule has 17 heavy (non-hydrogen) atoms. The molecule has 6 heteroatoms. The van der Waals surface area contributed by atoms with Gasteiger partial charge in [0.2, 0.25) is 0 Å². The lowest BCUT2D eigenvalue weighted by molar-refractivity contribution is 0.0953. The highest BCUT2D eigenvalue weighted by molar-refractivity contribution is 5.97. The second-order valence-electron chi connectivity index (χ2n) is 3.53. The van der Waals surface area contributed by atoms with E-state index in [1.165, 1.54) is 11.0 Å². The van der Waals surface area contributed by atoms with Crippen molar-refractivity contribution in [3.63, 3.8) is 0 Å². The van der Waals surface area contributed by atoms with Crippen molar-refractivity contribution in [1.82, 2.24) is 25.5 Å². The molecule has 0 aliphatic heterocycles. The molecule has 0 bridgehead atoms. The van der Waals surface area contributed by atoms with Gasteiger partial charge in [-0.05, 0) is 29.0 Å². The zero-order valence-corrected chi connectivity index (χ0v) is 9.50. The van der Waals surface area contributed by atoms with Crippen molar-refractivity contribution in [3.05, 3.63) is 36.2 Å². The van der Waals surface area contributed by atoms with Gasteiger partial charge in [0.25, 0.3) is 5.91 Å². The number of carbonyl (C=O) groups is 1. The van der Waals surface area contributed by atoms with Gasteiger partial charge in [-0.25, -0.2) is 0 Å². The lowest BCUT2D eigenvalue weighted by Gasteiger charge is -2.08. The Morgan fingerprint density at radius 3 is 2.94 bits per heavy atom. The Hall–Kier alpha value is -2.24. The number of tetrazole rings is 1. The van der Waals surface area contributed by atoms with Crippen LogP contribution in [0.15, 0.2) is 30.6 Å². The Balaban J connectivity index is 2.31. The van der Waals surface area contributed by atoms with Crippen molar-refractivity contribution in [3.8, 4) is 5.69 Å². The van der Waals surface area contributed by atoms with Crippen LogP contribution in [0.5, 0.6) is 0 Å². The first-order valence-electron chi connectivity index (χ1n) is 5.43. The van der Waals surface area contributed by atoms with E-state index >= 15 is 0 Å². The number of nitrogens with one attached hydrogen (secondary N) is 1. The number of hydrogen-bond acceptors (Lipinski definition) is 4. The largest absolute Gasteiger partial charge is 0.352 e. The molecule has 0 aliphatic carbocycles. The molecule has 0 radical (unpaired) electrons. The molecule has 1 aromatic carbocycles. The SMILES string of the molecule is CCCNC(=O)c1ccccc1-n1cnnn1. The van der Waals surface area contributed by atoms with Crippen LogP contribution in [0.4, 0.5) is 0 Å². The molecule has 0 fully saturated rings. The summed E-state index contributed by atoms with van der Waals surface area (Å²) >= 11 is 0. The smallest absolute Gasteiger partial charge is 0.253 e. The first kappa shape index (κ1) is 11.3. The molecule has 0 atom stereocenters. The van der Waals surface area contributed by atoms with E-state index in [9.17, 15) is 4.79 Å². The van der Waals surface area contributed by atoms with E-state index in [0.29, 0.717) is 17.8 Å². The summed E-state index contributed by atoms with van der Waals surface area (Å²) in [6, 6.07) is 7.21. The molecule has 0 aliphatic rings. The summed E-state index contributed by atoms with van der Waals surface area (Å²) in [7, 11) is 0. The second-order valence-corrected chi connectivity index (χ2v) is 3.53. The summed E-state index contributed by atoms with van der Waals surface area (Å²) in [6.45, 7) is 2.66. The minimum Gasteiger partial charge on any atom is -0.352 e. The van der Waals surface area contributed by atoms with Crippen molar-refractivity contribution in [2.24, 2.45) is 0 Å². The molecule has 2 aromatic rings. The van der Waals surface area contributed by atoms with Gasteiger partial charge < -0.3 is 5.32 Å². The predicted octanol–water partition coefficient (Wildman–Crippen LogP) is 0.802. The van der Waals surface area contributed by atoms with Gasteiger partial charge in [0.15, 0.2) is 0 Å². The molecule has 88 valence electrons. The average molecular weight is 231 g/mol. The number of nitrogens with zero attached hydrogens (tertiary/aromatic N) is 4. The molecule has 6 nitrogen and oxygen atoms in total. The first-order valence-corrected chi connectivity index (χ1v) is 5.43. The van der Waals surface area contributed by atoms with Crippen LogP contribution in [0, 0.1) is 0 Å². The molecule has 1 N–H and O–H groups in total. The van der Waals surface area contributed by atoms with Gasteiger partial charge in [0.1, 0.15) is 6.33 Å². The van der Waals surface area contributed by atoms with Gasteiger partial charge in [-0.3, -0.25) is 4.79 Å². The van der Waals surface area contributed by atoms with E-state index in [-0.39, 0.29) is 5.91 Å². The van der Waals surface area contributed by atoms with Gasteiger partial charge in [0, 0.05) is 6.54 Å². The standard InChI is InChI=1S/C11H13N5O/c1-2-7-12-11(17)9-5-3-4-6-10(9)16-8-13-14-15-16/h3-6,8H,2,7H2,1H3,(H,12,17). The third kappa shape index (κ3) is 2.47. The summed E-state index contributed by atoms with van der Waals surface area (Å²) in [4.78, 5) is 11.9. The van der Waals surface area contributed by atoms with Gasteiger partial charge in [-0.15, -0.1) is 5.10 Å². The summed E-state index contributed by atoms with van der Waals surface area (Å²) in [5.74, 6) is -0.113. The maximum atomic E-state index is 11.9. The number of rotatable bonds is 4. The maximum absolute atomic E-state index is 11.9. The molecule has 1 aromatic heterocycles. The van der Waals surface area contributed by atoms with Crippen molar-refractivity contribution >= 4 is 5.91 Å². The first-order chi connectivity index (χ1) is 8.33. The highest BCUT2D eigenvalue weighted by Gasteiger charge is 2.11. The molecular weight excluding hydrogens is 218 g/mol. The van der Waals surface area contributed by atoms with Crippen molar-refractivity contribution in [1.29, 1.82) is 0 Å². The van der Waals surface area contributed by atoms with Crippen LogP contribution in [0.25, 0.3) is 5.69 Å². The number of hydrogen-bond donors (Lipinski definition) is 1. The zero-order valence-electron chi connectivity index (χ0n) is 9.50. The minimum absolute atomic E-state index is 0.113. The van der Waals surface area contributed by atoms with Crippen molar-refractivity contribution in [2.75, 3.05) is 6.54 Å². The van der Waals surface area contributed by atoms with Gasteiger partial charge in [-0.1, -0.05) is 19.1 Å². The second kappa shape index (κ2) is 5.20.